The molecule has 0 unspecified atom stereocenters. The van der Waals surface area contributed by atoms with Crippen LogP contribution in [0.15, 0.2) is 30.3 Å². The van der Waals surface area contributed by atoms with Gasteiger partial charge in [0.05, 0.1) is 24.0 Å². The number of carbonyl (C=O) groups excluding carboxylic acids is 2. The summed E-state index contributed by atoms with van der Waals surface area (Å²) in [6.07, 6.45) is 0. The third-order valence-corrected chi connectivity index (χ3v) is 4.40. The molecule has 0 radical (unpaired) electrons. The van der Waals surface area contributed by atoms with Crippen LogP contribution in [0.2, 0.25) is 0 Å². The maximum atomic E-state index is 13.9. The highest BCUT2D eigenvalue weighted by molar-refractivity contribution is 5.95. The van der Waals surface area contributed by atoms with Crippen molar-refractivity contribution < 1.29 is 22.8 Å². The first-order valence-electron chi connectivity index (χ1n) is 8.24. The molecule has 1 aliphatic heterocycles. The number of hydrogen-bond acceptors (Lipinski definition) is 3. The molecule has 9 heteroatoms. The number of urea groups is 1. The van der Waals surface area contributed by atoms with E-state index >= 15 is 0 Å². The van der Waals surface area contributed by atoms with Gasteiger partial charge in [-0.25, -0.2) is 18.6 Å². The van der Waals surface area contributed by atoms with Crippen LogP contribution in [0.1, 0.15) is 31.1 Å². The van der Waals surface area contributed by atoms with E-state index in [2.05, 4.69) is 15.6 Å². The first kappa shape index (κ1) is 18.7. The third kappa shape index (κ3) is 3.86. The number of carbonyl (C=O) groups is 2. The number of aromatic nitrogens is 1. The van der Waals surface area contributed by atoms with E-state index in [0.717, 1.165) is 18.2 Å². The zero-order valence-corrected chi connectivity index (χ0v) is 14.6. The first-order chi connectivity index (χ1) is 12.8. The molecule has 3 rings (SSSR count). The molecule has 0 bridgehead atoms. The molecule has 2 N–H and O–H groups in total. The van der Waals surface area contributed by atoms with Crippen molar-refractivity contribution in [2.75, 3.05) is 5.32 Å². The fourth-order valence-electron chi connectivity index (χ4n) is 2.85. The van der Waals surface area contributed by atoms with Crippen LogP contribution in [0, 0.1) is 17.6 Å². The molecule has 1 aromatic carbocycles. The third-order valence-electron chi connectivity index (χ3n) is 4.40. The summed E-state index contributed by atoms with van der Waals surface area (Å²) >= 11 is 0. The molecular formula is C18H17F3N4O2. The number of halogens is 3. The Labute approximate surface area is 153 Å². The number of nitrogens with one attached hydrogen (secondary N) is 2. The van der Waals surface area contributed by atoms with Crippen molar-refractivity contribution in [2.24, 2.45) is 0 Å². The predicted molar refractivity (Wildman–Crippen MR) is 91.1 cm³/mol. The van der Waals surface area contributed by atoms with E-state index in [0.29, 0.717) is 11.4 Å². The van der Waals surface area contributed by atoms with E-state index in [1.165, 1.54) is 24.0 Å². The van der Waals surface area contributed by atoms with Gasteiger partial charge in [-0.05, 0) is 32.0 Å². The van der Waals surface area contributed by atoms with Crippen LogP contribution >= 0.6 is 0 Å². The maximum absolute atomic E-state index is 13.9. The average molecular weight is 378 g/mol. The molecule has 2 atom stereocenters. The van der Waals surface area contributed by atoms with Gasteiger partial charge in [0, 0.05) is 11.6 Å². The summed E-state index contributed by atoms with van der Waals surface area (Å²) in [5, 5.41) is 5.14. The topological polar surface area (TPSA) is 74.3 Å². The molecular weight excluding hydrogens is 361 g/mol. The van der Waals surface area contributed by atoms with Crippen LogP contribution < -0.4 is 10.6 Å². The zero-order valence-electron chi connectivity index (χ0n) is 14.6. The molecule has 0 aliphatic carbocycles. The minimum Gasteiger partial charge on any atom is -0.348 e. The Kier molecular flexibility index (Phi) is 5.02. The SMILES string of the molecule is C[C@H](NC(=O)[C@H](C)N1Cc2nc(F)ccc2NC1=O)c1ccc(F)cc1F. The standard InChI is InChI=1S/C18H17F3N4O2/c1-9(12-4-3-11(19)7-13(12)20)22-17(26)10(2)25-8-15-14(24-18(25)27)5-6-16(21)23-15/h3-7,9-10H,8H2,1-2H3,(H,22,26)(H,24,27)/t9-,10-/m0/s1. The highest BCUT2D eigenvalue weighted by atomic mass is 19.1. The average Bonchev–Trinajstić information content (AvgIpc) is 2.60. The van der Waals surface area contributed by atoms with E-state index in [4.69, 9.17) is 0 Å². The van der Waals surface area contributed by atoms with Crippen molar-refractivity contribution in [1.29, 1.82) is 0 Å². The van der Waals surface area contributed by atoms with Crippen molar-refractivity contribution >= 4 is 17.6 Å². The smallest absolute Gasteiger partial charge is 0.322 e. The molecule has 142 valence electrons. The van der Waals surface area contributed by atoms with Gasteiger partial charge in [0.25, 0.3) is 0 Å². The Morgan fingerprint density at radius 3 is 2.67 bits per heavy atom. The van der Waals surface area contributed by atoms with Crippen LogP contribution in [0.25, 0.3) is 0 Å². The lowest BCUT2D eigenvalue weighted by atomic mass is 10.1. The fourth-order valence-corrected chi connectivity index (χ4v) is 2.85. The maximum Gasteiger partial charge on any atom is 0.322 e. The summed E-state index contributed by atoms with van der Waals surface area (Å²) < 4.78 is 40.2. The van der Waals surface area contributed by atoms with Crippen molar-refractivity contribution in [2.45, 2.75) is 32.5 Å². The van der Waals surface area contributed by atoms with Crippen LogP contribution in [0.5, 0.6) is 0 Å². The largest absolute Gasteiger partial charge is 0.348 e. The minimum absolute atomic E-state index is 0.0488. The van der Waals surface area contributed by atoms with Crippen LogP contribution in [-0.2, 0) is 11.3 Å². The summed E-state index contributed by atoms with van der Waals surface area (Å²) in [7, 11) is 0. The second kappa shape index (κ2) is 7.26. The highest BCUT2D eigenvalue weighted by Crippen LogP contribution is 2.24. The number of amides is 3. The fraction of sp³-hybridized carbons (Fsp3) is 0.278. The van der Waals surface area contributed by atoms with Gasteiger partial charge in [-0.1, -0.05) is 6.07 Å². The molecule has 2 heterocycles. The summed E-state index contributed by atoms with van der Waals surface area (Å²) in [6, 6.07) is 3.42. The van der Waals surface area contributed by atoms with Gasteiger partial charge in [0.1, 0.15) is 17.7 Å². The van der Waals surface area contributed by atoms with Gasteiger partial charge in [0.15, 0.2) is 0 Å². The summed E-state index contributed by atoms with van der Waals surface area (Å²) in [4.78, 5) is 29.7. The van der Waals surface area contributed by atoms with Gasteiger partial charge >= 0.3 is 6.03 Å². The van der Waals surface area contributed by atoms with Gasteiger partial charge in [-0.15, -0.1) is 0 Å². The molecule has 2 aromatic rings. The van der Waals surface area contributed by atoms with Gasteiger partial charge in [-0.3, -0.25) is 4.79 Å². The summed E-state index contributed by atoms with van der Waals surface area (Å²) in [6.45, 7) is 2.99. The van der Waals surface area contributed by atoms with Gasteiger partial charge in [0.2, 0.25) is 11.9 Å². The quantitative estimate of drug-likeness (QED) is 0.803. The van der Waals surface area contributed by atoms with E-state index < -0.39 is 41.6 Å². The lowest BCUT2D eigenvalue weighted by Gasteiger charge is -2.33. The molecule has 0 saturated carbocycles. The highest BCUT2D eigenvalue weighted by Gasteiger charge is 2.32. The van der Waals surface area contributed by atoms with Crippen molar-refractivity contribution in [1.82, 2.24) is 15.2 Å². The lowest BCUT2D eigenvalue weighted by Crippen LogP contribution is -2.51. The van der Waals surface area contributed by atoms with Crippen LogP contribution in [-0.4, -0.2) is 27.9 Å². The monoisotopic (exact) mass is 378 g/mol. The summed E-state index contributed by atoms with van der Waals surface area (Å²) in [5.41, 5.74) is 0.799. The van der Waals surface area contributed by atoms with Crippen LogP contribution in [0.4, 0.5) is 23.7 Å². The van der Waals surface area contributed by atoms with E-state index in [1.54, 1.807) is 6.92 Å². The Morgan fingerprint density at radius 2 is 1.96 bits per heavy atom. The Bertz CT molecular complexity index is 906. The van der Waals surface area contributed by atoms with Gasteiger partial charge in [-0.2, -0.15) is 4.39 Å². The number of benzene rings is 1. The van der Waals surface area contributed by atoms with E-state index in [1.807, 2.05) is 0 Å². The van der Waals surface area contributed by atoms with E-state index in [-0.39, 0.29) is 12.1 Å². The molecule has 0 saturated heterocycles. The molecule has 0 fully saturated rings. The number of anilines is 1. The zero-order chi connectivity index (χ0) is 19.7. The predicted octanol–water partition coefficient (Wildman–Crippen LogP) is 3.11. The van der Waals surface area contributed by atoms with Gasteiger partial charge < -0.3 is 15.5 Å². The number of rotatable bonds is 4. The van der Waals surface area contributed by atoms with E-state index in [9.17, 15) is 22.8 Å². The Balaban J connectivity index is 1.72. The second-order valence-corrected chi connectivity index (χ2v) is 6.26. The summed E-state index contributed by atoms with van der Waals surface area (Å²) in [5.74, 6) is -2.73. The molecule has 3 amide bonds. The Hall–Kier alpha value is -3.10. The molecule has 1 aliphatic rings. The number of hydrogen-bond donors (Lipinski definition) is 2. The van der Waals surface area contributed by atoms with Crippen molar-refractivity contribution in [3.63, 3.8) is 0 Å². The minimum atomic E-state index is -0.922. The molecule has 0 spiro atoms. The second-order valence-electron chi connectivity index (χ2n) is 6.26. The van der Waals surface area contributed by atoms with Crippen molar-refractivity contribution in [3.05, 3.63) is 59.2 Å². The molecule has 1 aromatic heterocycles. The van der Waals surface area contributed by atoms with Crippen molar-refractivity contribution in [3.8, 4) is 0 Å². The first-order valence-corrected chi connectivity index (χ1v) is 8.24. The Morgan fingerprint density at radius 1 is 1.22 bits per heavy atom. The molecule has 27 heavy (non-hydrogen) atoms. The number of pyridine rings is 1. The van der Waals surface area contributed by atoms with Crippen LogP contribution in [0.3, 0.4) is 0 Å². The lowest BCUT2D eigenvalue weighted by molar-refractivity contribution is -0.125. The number of nitrogens with zero attached hydrogens (tertiary/aromatic N) is 2. The normalized spacial score (nSPS) is 15.6. The number of fused-ring (bicyclic) bond motifs is 1. The molecule has 6 nitrogen and oxygen atoms in total.